The van der Waals surface area contributed by atoms with Crippen LogP contribution in [0.4, 0.5) is 0 Å². The van der Waals surface area contributed by atoms with Gasteiger partial charge in [0, 0.05) is 0 Å². The number of hydrogen-bond donors (Lipinski definition) is 0. The molecule has 0 radical (unpaired) electrons. The largest absolute Gasteiger partial charge is 0.478 e. The van der Waals surface area contributed by atoms with Crippen molar-refractivity contribution < 1.29 is 4.74 Å². The number of rotatable bonds is 4. The smallest absolute Gasteiger partial charge is 0.194 e. The number of aryl methyl sites for hydroxylation is 2. The van der Waals surface area contributed by atoms with Crippen molar-refractivity contribution in [1.29, 1.82) is 0 Å². The molecular weight excluding hydrogens is 349 g/mol. The molecular formula is C24H32NOP. The first-order valence-corrected chi connectivity index (χ1v) is 11.1. The molecule has 2 aromatic carbocycles. The summed E-state index contributed by atoms with van der Waals surface area (Å²) in [5, 5.41) is 2.66. The Morgan fingerprint density at radius 1 is 0.852 bits per heavy atom. The summed E-state index contributed by atoms with van der Waals surface area (Å²) >= 11 is 0. The lowest BCUT2D eigenvalue weighted by Crippen LogP contribution is -2.38. The molecule has 1 heterocycles. The lowest BCUT2D eigenvalue weighted by molar-refractivity contribution is 0.231. The molecule has 3 rings (SSSR count). The number of nitrogens with zero attached hydrogens (tertiary/aromatic N) is 1. The van der Waals surface area contributed by atoms with E-state index < -0.39 is 7.92 Å². The van der Waals surface area contributed by atoms with Crippen LogP contribution in [0.25, 0.3) is 0 Å². The van der Waals surface area contributed by atoms with Gasteiger partial charge in [0.15, 0.2) is 5.90 Å². The van der Waals surface area contributed by atoms with Crippen LogP contribution in [-0.4, -0.2) is 23.7 Å². The molecule has 0 unspecified atom stereocenters. The van der Waals surface area contributed by atoms with Gasteiger partial charge in [0.2, 0.25) is 0 Å². The van der Waals surface area contributed by atoms with Crippen LogP contribution in [0.15, 0.2) is 53.5 Å². The summed E-state index contributed by atoms with van der Waals surface area (Å²) in [5.74, 6) is 0.917. The van der Waals surface area contributed by atoms with Crippen molar-refractivity contribution in [2.45, 2.75) is 59.7 Å². The van der Waals surface area contributed by atoms with Gasteiger partial charge in [-0.1, -0.05) is 69.3 Å². The minimum Gasteiger partial charge on any atom is -0.478 e. The van der Waals surface area contributed by atoms with Gasteiger partial charge < -0.3 is 4.74 Å². The maximum absolute atomic E-state index is 6.23. The van der Waals surface area contributed by atoms with Gasteiger partial charge in [-0.3, -0.25) is 0 Å². The number of aliphatic imine (C=N–C) groups is 1. The van der Waals surface area contributed by atoms with E-state index in [0.29, 0.717) is 6.61 Å². The predicted octanol–water partition coefficient (Wildman–Crippen LogP) is 5.36. The predicted molar refractivity (Wildman–Crippen MR) is 119 cm³/mol. The SMILES string of the molecule is Cc1ccccc1P(c1ccccc1C)C(C)(C)C1=N[C@@H](C(C)(C)C)CO1. The Balaban J connectivity index is 2.14. The maximum atomic E-state index is 6.23. The molecule has 0 N–H and O–H groups in total. The van der Waals surface area contributed by atoms with Gasteiger partial charge in [-0.25, -0.2) is 4.99 Å². The van der Waals surface area contributed by atoms with Gasteiger partial charge in [0.1, 0.15) is 6.61 Å². The summed E-state index contributed by atoms with van der Waals surface area (Å²) in [5.41, 5.74) is 2.79. The average Bonchev–Trinajstić information content (AvgIpc) is 3.10. The van der Waals surface area contributed by atoms with Gasteiger partial charge in [0.25, 0.3) is 0 Å². The number of hydrogen-bond acceptors (Lipinski definition) is 2. The summed E-state index contributed by atoms with van der Waals surface area (Å²) in [6.45, 7) is 16.5. The molecule has 0 amide bonds. The molecule has 2 nitrogen and oxygen atoms in total. The topological polar surface area (TPSA) is 21.6 Å². The van der Waals surface area contributed by atoms with Crippen molar-refractivity contribution in [2.75, 3.05) is 6.61 Å². The summed E-state index contributed by atoms with van der Waals surface area (Å²) in [7, 11) is -0.658. The van der Waals surface area contributed by atoms with Crippen LogP contribution in [0.5, 0.6) is 0 Å². The van der Waals surface area contributed by atoms with Crippen molar-refractivity contribution >= 4 is 24.4 Å². The third kappa shape index (κ3) is 3.97. The number of ether oxygens (including phenoxy) is 1. The molecule has 0 aromatic heterocycles. The molecule has 1 aliphatic heterocycles. The minimum atomic E-state index is -0.658. The summed E-state index contributed by atoms with van der Waals surface area (Å²) in [6, 6.07) is 17.8. The van der Waals surface area contributed by atoms with Crippen LogP contribution in [0.2, 0.25) is 0 Å². The van der Waals surface area contributed by atoms with Crippen molar-refractivity contribution in [1.82, 2.24) is 0 Å². The second kappa shape index (κ2) is 7.40. The molecule has 1 atom stereocenters. The van der Waals surface area contributed by atoms with E-state index in [9.17, 15) is 0 Å². The molecule has 3 heteroatoms. The van der Waals surface area contributed by atoms with E-state index in [-0.39, 0.29) is 16.6 Å². The van der Waals surface area contributed by atoms with Crippen molar-refractivity contribution in [3.05, 3.63) is 59.7 Å². The minimum absolute atomic E-state index is 0.117. The van der Waals surface area contributed by atoms with E-state index in [1.54, 1.807) is 0 Å². The van der Waals surface area contributed by atoms with E-state index in [2.05, 4.69) is 97.0 Å². The fourth-order valence-electron chi connectivity index (χ4n) is 3.61. The zero-order valence-corrected chi connectivity index (χ0v) is 18.6. The van der Waals surface area contributed by atoms with E-state index in [0.717, 1.165) is 5.90 Å². The molecule has 0 saturated carbocycles. The Bertz CT molecular complexity index is 802. The maximum Gasteiger partial charge on any atom is 0.194 e. The summed E-state index contributed by atoms with van der Waals surface area (Å²) < 4.78 is 6.23. The summed E-state index contributed by atoms with van der Waals surface area (Å²) in [6.07, 6.45) is 0. The molecule has 144 valence electrons. The summed E-state index contributed by atoms with van der Waals surface area (Å²) in [4.78, 5) is 5.07. The van der Waals surface area contributed by atoms with Gasteiger partial charge in [-0.05, 0) is 62.8 Å². The molecule has 0 saturated heterocycles. The fourth-order valence-corrected chi connectivity index (χ4v) is 6.71. The Morgan fingerprint density at radius 3 is 1.74 bits per heavy atom. The van der Waals surface area contributed by atoms with Crippen LogP contribution in [0, 0.1) is 19.3 Å². The van der Waals surface area contributed by atoms with E-state index >= 15 is 0 Å². The monoisotopic (exact) mass is 381 g/mol. The Kier molecular flexibility index (Phi) is 5.50. The zero-order chi connectivity index (χ0) is 19.8. The second-order valence-electron chi connectivity index (χ2n) is 9.09. The molecule has 27 heavy (non-hydrogen) atoms. The van der Waals surface area contributed by atoms with Crippen molar-refractivity contribution in [3.8, 4) is 0 Å². The van der Waals surface area contributed by atoms with Crippen LogP contribution in [0.3, 0.4) is 0 Å². The highest BCUT2D eigenvalue weighted by Crippen LogP contribution is 2.51. The van der Waals surface area contributed by atoms with E-state index in [1.165, 1.54) is 21.7 Å². The highest BCUT2D eigenvalue weighted by molar-refractivity contribution is 7.75. The quantitative estimate of drug-likeness (QED) is 0.654. The third-order valence-corrected chi connectivity index (χ3v) is 8.72. The first kappa shape index (κ1) is 20.1. The Morgan fingerprint density at radius 2 is 1.33 bits per heavy atom. The average molecular weight is 382 g/mol. The lowest BCUT2D eigenvalue weighted by Gasteiger charge is -2.36. The first-order valence-electron chi connectivity index (χ1n) is 9.75. The molecule has 2 aromatic rings. The van der Waals surface area contributed by atoms with Crippen LogP contribution in [-0.2, 0) is 4.74 Å². The van der Waals surface area contributed by atoms with Gasteiger partial charge in [-0.2, -0.15) is 0 Å². The standard InChI is InChI=1S/C24H32NOP/c1-17-12-8-10-14-19(17)27(20-15-11-9-13-18(20)2)24(6,7)22-25-21(16-26-22)23(3,4)5/h8-15,21H,16H2,1-7H3/t21-/m1/s1. The molecule has 0 aliphatic carbocycles. The molecule has 0 bridgehead atoms. The Hall–Kier alpha value is -1.66. The zero-order valence-electron chi connectivity index (χ0n) is 17.7. The normalized spacial score (nSPS) is 17.8. The van der Waals surface area contributed by atoms with E-state index in [4.69, 9.17) is 9.73 Å². The molecule has 0 spiro atoms. The second-order valence-corrected chi connectivity index (χ2v) is 11.8. The lowest BCUT2D eigenvalue weighted by atomic mass is 9.88. The van der Waals surface area contributed by atoms with E-state index in [1.807, 2.05) is 0 Å². The van der Waals surface area contributed by atoms with Crippen LogP contribution >= 0.6 is 7.92 Å². The molecule has 0 fully saturated rings. The molecule has 1 aliphatic rings. The number of benzene rings is 2. The fraction of sp³-hybridized carbons (Fsp3) is 0.458. The Labute approximate surface area is 165 Å². The van der Waals surface area contributed by atoms with Crippen molar-refractivity contribution in [3.63, 3.8) is 0 Å². The first-order chi connectivity index (χ1) is 12.6. The van der Waals surface area contributed by atoms with Crippen LogP contribution in [0.1, 0.15) is 45.7 Å². The van der Waals surface area contributed by atoms with Crippen LogP contribution < -0.4 is 10.6 Å². The van der Waals surface area contributed by atoms with Gasteiger partial charge >= 0.3 is 0 Å². The highest BCUT2D eigenvalue weighted by Gasteiger charge is 2.43. The van der Waals surface area contributed by atoms with Crippen molar-refractivity contribution in [2.24, 2.45) is 10.4 Å². The van der Waals surface area contributed by atoms with Gasteiger partial charge in [0.05, 0.1) is 11.2 Å². The highest BCUT2D eigenvalue weighted by atomic mass is 31.1. The van der Waals surface area contributed by atoms with Gasteiger partial charge in [-0.15, -0.1) is 0 Å². The third-order valence-electron chi connectivity index (χ3n) is 5.45.